The van der Waals surface area contributed by atoms with Crippen molar-refractivity contribution in [2.75, 3.05) is 11.9 Å². The Labute approximate surface area is 141 Å². The number of hydrogen-bond donors (Lipinski definition) is 1. The van der Waals surface area contributed by atoms with Crippen molar-refractivity contribution in [2.24, 2.45) is 5.41 Å². The minimum Gasteiger partial charge on any atom is -0.368 e. The van der Waals surface area contributed by atoms with Gasteiger partial charge in [0.25, 0.3) is 0 Å². The molecule has 0 unspecified atom stereocenters. The molecule has 5 heteroatoms. The van der Waals surface area contributed by atoms with E-state index in [1.54, 1.807) is 12.4 Å². The Morgan fingerprint density at radius 3 is 2.58 bits per heavy atom. The second-order valence-corrected chi connectivity index (χ2v) is 6.92. The highest BCUT2D eigenvalue weighted by atomic mass is 15.0. The van der Waals surface area contributed by atoms with Gasteiger partial charge in [0, 0.05) is 35.5 Å². The average Bonchev–Trinajstić information content (AvgIpc) is 2.58. The van der Waals surface area contributed by atoms with Crippen LogP contribution in [0.4, 0.5) is 5.82 Å². The summed E-state index contributed by atoms with van der Waals surface area (Å²) < 4.78 is 0. The molecule has 120 valence electrons. The van der Waals surface area contributed by atoms with Gasteiger partial charge in [0.15, 0.2) is 0 Å². The van der Waals surface area contributed by atoms with Gasteiger partial charge < -0.3 is 5.32 Å². The lowest BCUT2D eigenvalue weighted by Gasteiger charge is -2.20. The molecular weight excluding hydrogens is 298 g/mol. The molecule has 5 nitrogen and oxygen atoms in total. The third-order valence-electron chi connectivity index (χ3n) is 3.62. The smallest absolute Gasteiger partial charge is 0.144 e. The molecule has 2 aromatic heterocycles. The van der Waals surface area contributed by atoms with Crippen LogP contribution in [-0.2, 0) is 0 Å². The molecule has 0 fully saturated rings. The summed E-state index contributed by atoms with van der Waals surface area (Å²) in [5.74, 6) is 0.615. The molecule has 24 heavy (non-hydrogen) atoms. The van der Waals surface area contributed by atoms with Crippen LogP contribution in [0.5, 0.6) is 0 Å². The van der Waals surface area contributed by atoms with Gasteiger partial charge in [-0.25, -0.2) is 15.0 Å². The molecule has 3 aromatic rings. The molecule has 0 amide bonds. The van der Waals surface area contributed by atoms with Crippen molar-refractivity contribution in [1.29, 1.82) is 5.26 Å². The number of nitrogens with one attached hydrogen (secondary N) is 1. The molecule has 0 aliphatic heterocycles. The van der Waals surface area contributed by atoms with E-state index in [0.717, 1.165) is 28.6 Å². The first-order valence-corrected chi connectivity index (χ1v) is 7.81. The van der Waals surface area contributed by atoms with Crippen molar-refractivity contribution in [3.63, 3.8) is 0 Å². The molecule has 0 bridgehead atoms. The zero-order chi connectivity index (χ0) is 17.2. The van der Waals surface area contributed by atoms with E-state index >= 15 is 0 Å². The van der Waals surface area contributed by atoms with Gasteiger partial charge in [-0.05, 0) is 11.5 Å². The highest BCUT2D eigenvalue weighted by Crippen LogP contribution is 2.29. The van der Waals surface area contributed by atoms with Crippen molar-refractivity contribution in [3.8, 4) is 17.2 Å². The maximum atomic E-state index is 9.44. The summed E-state index contributed by atoms with van der Waals surface area (Å²) in [7, 11) is 0. The molecule has 0 atom stereocenters. The van der Waals surface area contributed by atoms with Gasteiger partial charge in [-0.15, -0.1) is 0 Å². The molecule has 3 rings (SSSR count). The first kappa shape index (κ1) is 15.9. The highest BCUT2D eigenvalue weighted by Gasteiger charge is 2.14. The van der Waals surface area contributed by atoms with Crippen molar-refractivity contribution in [2.45, 2.75) is 20.8 Å². The minimum atomic E-state index is 0.0934. The lowest BCUT2D eigenvalue weighted by molar-refractivity contribution is 0.442. The Bertz CT molecular complexity index is 905. The number of benzene rings is 1. The Morgan fingerprint density at radius 1 is 1.17 bits per heavy atom. The first-order chi connectivity index (χ1) is 11.5. The van der Waals surface area contributed by atoms with E-state index in [9.17, 15) is 5.26 Å². The zero-order valence-electron chi connectivity index (χ0n) is 14.0. The summed E-state index contributed by atoms with van der Waals surface area (Å²) in [5.41, 5.74) is 3.34. The molecule has 2 heterocycles. The van der Waals surface area contributed by atoms with Crippen LogP contribution in [0.15, 0.2) is 43.0 Å². The van der Waals surface area contributed by atoms with Crippen LogP contribution in [-0.4, -0.2) is 21.5 Å². The second kappa shape index (κ2) is 6.25. The number of aromatic nitrogens is 3. The van der Waals surface area contributed by atoms with Gasteiger partial charge in [0.05, 0.1) is 11.1 Å². The van der Waals surface area contributed by atoms with E-state index in [0.29, 0.717) is 11.4 Å². The number of rotatable bonds is 3. The lowest BCUT2D eigenvalue weighted by Crippen LogP contribution is -2.20. The van der Waals surface area contributed by atoms with Crippen LogP contribution in [0.25, 0.3) is 22.0 Å². The topological polar surface area (TPSA) is 74.5 Å². The number of nitrogens with zero attached hydrogens (tertiary/aromatic N) is 4. The van der Waals surface area contributed by atoms with Crippen molar-refractivity contribution in [3.05, 3.63) is 48.5 Å². The van der Waals surface area contributed by atoms with Crippen LogP contribution >= 0.6 is 0 Å². The SMILES string of the molecule is CC(C)(C)CNc1nc2c(-c3cncnc3)cccc2cc1C#N. The van der Waals surface area contributed by atoms with Crippen molar-refractivity contribution < 1.29 is 0 Å². The number of nitriles is 1. The fourth-order valence-electron chi connectivity index (χ4n) is 2.44. The molecule has 0 aliphatic rings. The Morgan fingerprint density at radius 2 is 1.92 bits per heavy atom. The maximum Gasteiger partial charge on any atom is 0.144 e. The Balaban J connectivity index is 2.14. The summed E-state index contributed by atoms with van der Waals surface area (Å²) in [6.45, 7) is 7.15. The number of para-hydroxylation sites is 1. The van der Waals surface area contributed by atoms with Crippen molar-refractivity contribution in [1.82, 2.24) is 15.0 Å². The van der Waals surface area contributed by atoms with Crippen molar-refractivity contribution >= 4 is 16.7 Å². The molecule has 0 radical (unpaired) electrons. The summed E-state index contributed by atoms with van der Waals surface area (Å²) in [6.07, 6.45) is 5.04. The lowest BCUT2D eigenvalue weighted by atomic mass is 9.97. The summed E-state index contributed by atoms with van der Waals surface area (Å²) in [4.78, 5) is 12.9. The summed E-state index contributed by atoms with van der Waals surface area (Å²) in [5, 5.41) is 13.7. The fraction of sp³-hybridized carbons (Fsp3) is 0.263. The number of hydrogen-bond acceptors (Lipinski definition) is 5. The minimum absolute atomic E-state index is 0.0934. The predicted octanol–water partition coefficient (Wildman–Crippen LogP) is 4.02. The van der Waals surface area contributed by atoms with Gasteiger partial charge in [0.2, 0.25) is 0 Å². The van der Waals surface area contributed by atoms with Crippen LogP contribution in [0.2, 0.25) is 0 Å². The normalized spacial score (nSPS) is 11.2. The van der Waals surface area contributed by atoms with Crippen LogP contribution in [0.3, 0.4) is 0 Å². The number of fused-ring (bicyclic) bond motifs is 1. The predicted molar refractivity (Wildman–Crippen MR) is 95.4 cm³/mol. The van der Waals surface area contributed by atoms with Gasteiger partial charge in [-0.2, -0.15) is 5.26 Å². The third-order valence-corrected chi connectivity index (χ3v) is 3.62. The van der Waals surface area contributed by atoms with Gasteiger partial charge in [0.1, 0.15) is 18.2 Å². The maximum absolute atomic E-state index is 9.44. The average molecular weight is 317 g/mol. The second-order valence-electron chi connectivity index (χ2n) is 6.92. The zero-order valence-corrected chi connectivity index (χ0v) is 14.0. The van der Waals surface area contributed by atoms with E-state index in [1.807, 2.05) is 24.3 Å². The molecule has 0 spiro atoms. The molecule has 0 aliphatic carbocycles. The largest absolute Gasteiger partial charge is 0.368 e. The van der Waals surface area contributed by atoms with Gasteiger partial charge >= 0.3 is 0 Å². The van der Waals surface area contributed by atoms with E-state index in [2.05, 4.69) is 42.1 Å². The van der Waals surface area contributed by atoms with Crippen LogP contribution < -0.4 is 5.32 Å². The Kier molecular flexibility index (Phi) is 4.13. The Hall–Kier alpha value is -3.00. The molecular formula is C19H19N5. The summed E-state index contributed by atoms with van der Waals surface area (Å²) in [6, 6.07) is 10.0. The summed E-state index contributed by atoms with van der Waals surface area (Å²) >= 11 is 0. The van der Waals surface area contributed by atoms with E-state index < -0.39 is 0 Å². The quantitative estimate of drug-likeness (QED) is 0.789. The standard InChI is InChI=1S/C19H19N5/c1-19(2,3)11-23-18-14(8-20)7-13-5-4-6-16(17(13)24-18)15-9-21-12-22-10-15/h4-7,9-10,12H,11H2,1-3H3,(H,23,24). The molecule has 0 saturated heterocycles. The molecule has 1 N–H and O–H groups in total. The molecule has 1 aromatic carbocycles. The van der Waals surface area contributed by atoms with Crippen LogP contribution in [0, 0.1) is 16.7 Å². The third kappa shape index (κ3) is 3.33. The monoisotopic (exact) mass is 317 g/mol. The van der Waals surface area contributed by atoms with E-state index in [4.69, 9.17) is 4.98 Å². The number of anilines is 1. The van der Waals surface area contributed by atoms with Gasteiger partial charge in [-0.1, -0.05) is 39.0 Å². The van der Waals surface area contributed by atoms with E-state index in [1.165, 1.54) is 6.33 Å². The van der Waals surface area contributed by atoms with Crippen LogP contribution in [0.1, 0.15) is 26.3 Å². The first-order valence-electron chi connectivity index (χ1n) is 7.81. The molecule has 0 saturated carbocycles. The van der Waals surface area contributed by atoms with E-state index in [-0.39, 0.29) is 5.41 Å². The van der Waals surface area contributed by atoms with Gasteiger partial charge in [-0.3, -0.25) is 0 Å². The highest BCUT2D eigenvalue weighted by molar-refractivity contribution is 5.95. The number of pyridine rings is 1. The fourth-order valence-corrected chi connectivity index (χ4v) is 2.44.